The molecular weight excluding hydrogens is 379 g/mol. The molecule has 0 unspecified atom stereocenters. The van der Waals surface area contributed by atoms with Gasteiger partial charge in [-0.15, -0.1) is 0 Å². The highest BCUT2D eigenvalue weighted by Gasteiger charge is 2.11. The van der Waals surface area contributed by atoms with Gasteiger partial charge in [0.25, 0.3) is 0 Å². The second kappa shape index (κ2) is 5.66. The molecule has 0 aromatic heterocycles. The van der Waals surface area contributed by atoms with Crippen molar-refractivity contribution in [1.29, 1.82) is 0 Å². The molecule has 0 saturated carbocycles. The number of benzene rings is 2. The van der Waals surface area contributed by atoms with Crippen LogP contribution >= 0.6 is 34.2 Å². The number of nitrogen functional groups attached to an aromatic ring is 1. The van der Waals surface area contributed by atoms with E-state index in [4.69, 9.17) is 22.4 Å². The summed E-state index contributed by atoms with van der Waals surface area (Å²) in [6.07, 6.45) is 0. The Morgan fingerprint density at radius 3 is 2.53 bits per heavy atom. The first-order chi connectivity index (χ1) is 8.97. The molecule has 0 radical (unpaired) electrons. The Bertz CT molecular complexity index is 647. The van der Waals surface area contributed by atoms with Crippen LogP contribution in [0.4, 0.5) is 17.1 Å². The standard InChI is InChI=1S/C13H10ClIN2O2/c14-10-5-7(15)1-3-12(10)17-11-4-2-8(16)6-9(11)13(18)19/h1-6,17H,16H2,(H,18,19). The molecule has 0 spiro atoms. The van der Waals surface area contributed by atoms with Gasteiger partial charge in [0.15, 0.2) is 0 Å². The van der Waals surface area contributed by atoms with Crippen LogP contribution in [0.15, 0.2) is 36.4 Å². The molecule has 0 aliphatic rings. The van der Waals surface area contributed by atoms with Crippen molar-refractivity contribution >= 4 is 57.2 Å². The SMILES string of the molecule is Nc1ccc(Nc2ccc(I)cc2Cl)c(C(=O)O)c1. The second-order valence-corrected chi connectivity index (χ2v) is 5.51. The van der Waals surface area contributed by atoms with E-state index in [0.717, 1.165) is 3.57 Å². The van der Waals surface area contributed by atoms with Crippen LogP contribution in [0.5, 0.6) is 0 Å². The number of hydrogen-bond acceptors (Lipinski definition) is 3. The van der Waals surface area contributed by atoms with Gasteiger partial charge in [-0.1, -0.05) is 11.6 Å². The minimum absolute atomic E-state index is 0.106. The van der Waals surface area contributed by atoms with Crippen LogP contribution < -0.4 is 11.1 Å². The summed E-state index contributed by atoms with van der Waals surface area (Å²) in [7, 11) is 0. The zero-order chi connectivity index (χ0) is 14.0. The minimum atomic E-state index is -1.04. The van der Waals surface area contributed by atoms with Crippen LogP contribution in [-0.2, 0) is 0 Å². The summed E-state index contributed by atoms with van der Waals surface area (Å²) in [4.78, 5) is 11.2. The van der Waals surface area contributed by atoms with Gasteiger partial charge in [-0.25, -0.2) is 4.79 Å². The lowest BCUT2D eigenvalue weighted by molar-refractivity contribution is 0.0698. The van der Waals surface area contributed by atoms with E-state index in [9.17, 15) is 4.79 Å². The van der Waals surface area contributed by atoms with Crippen LogP contribution in [0.3, 0.4) is 0 Å². The Morgan fingerprint density at radius 2 is 1.89 bits per heavy atom. The van der Waals surface area contributed by atoms with E-state index < -0.39 is 5.97 Å². The fourth-order valence-electron chi connectivity index (χ4n) is 1.58. The summed E-state index contributed by atoms with van der Waals surface area (Å²) in [5.41, 5.74) is 7.19. The van der Waals surface area contributed by atoms with Gasteiger partial charge in [0.05, 0.1) is 22.0 Å². The summed E-state index contributed by atoms with van der Waals surface area (Å²) in [5.74, 6) is -1.04. The Labute approximate surface area is 128 Å². The van der Waals surface area contributed by atoms with Gasteiger partial charge in [-0.05, 0) is 59.0 Å². The largest absolute Gasteiger partial charge is 0.478 e. The number of carbonyl (C=O) groups is 1. The maximum atomic E-state index is 11.2. The molecule has 4 nitrogen and oxygen atoms in total. The van der Waals surface area contributed by atoms with Gasteiger partial charge in [-0.2, -0.15) is 0 Å². The number of carboxylic acids is 1. The molecule has 2 rings (SSSR count). The van der Waals surface area contributed by atoms with Crippen LogP contribution in [0, 0.1) is 3.57 Å². The number of carboxylic acid groups (broad SMARTS) is 1. The maximum absolute atomic E-state index is 11.2. The molecule has 0 aliphatic heterocycles. The lowest BCUT2D eigenvalue weighted by atomic mass is 10.1. The highest BCUT2D eigenvalue weighted by molar-refractivity contribution is 14.1. The zero-order valence-corrected chi connectivity index (χ0v) is 12.6. The first kappa shape index (κ1) is 14.0. The van der Waals surface area contributed by atoms with Crippen molar-refractivity contribution in [2.75, 3.05) is 11.1 Å². The smallest absolute Gasteiger partial charge is 0.337 e. The Hall–Kier alpha value is -1.47. The fourth-order valence-corrected chi connectivity index (χ4v) is 2.49. The van der Waals surface area contributed by atoms with Gasteiger partial charge in [0.1, 0.15) is 0 Å². The number of nitrogens with two attached hydrogens (primary N) is 1. The van der Waals surface area contributed by atoms with Crippen molar-refractivity contribution in [3.8, 4) is 0 Å². The summed E-state index contributed by atoms with van der Waals surface area (Å²) in [5, 5.41) is 12.7. The molecule has 0 amide bonds. The van der Waals surface area contributed by atoms with Gasteiger partial charge in [0.2, 0.25) is 0 Å². The van der Waals surface area contributed by atoms with Crippen LogP contribution in [0.1, 0.15) is 10.4 Å². The van der Waals surface area contributed by atoms with E-state index in [1.54, 1.807) is 24.3 Å². The second-order valence-electron chi connectivity index (χ2n) is 3.86. The molecule has 19 heavy (non-hydrogen) atoms. The maximum Gasteiger partial charge on any atom is 0.337 e. The molecule has 2 aromatic rings. The molecule has 0 saturated heterocycles. The summed E-state index contributed by atoms with van der Waals surface area (Å²) in [6, 6.07) is 10.1. The van der Waals surface area contributed by atoms with Crippen molar-refractivity contribution in [2.24, 2.45) is 0 Å². The van der Waals surface area contributed by atoms with Crippen LogP contribution in [0.2, 0.25) is 5.02 Å². The molecular formula is C13H10ClIN2O2. The number of rotatable bonds is 3. The van der Waals surface area contributed by atoms with E-state index in [2.05, 4.69) is 27.9 Å². The van der Waals surface area contributed by atoms with Crippen molar-refractivity contribution < 1.29 is 9.90 Å². The number of hydrogen-bond donors (Lipinski definition) is 3. The topological polar surface area (TPSA) is 75.3 Å². The number of halogens is 2. The zero-order valence-electron chi connectivity index (χ0n) is 9.65. The lowest BCUT2D eigenvalue weighted by Crippen LogP contribution is -2.04. The van der Waals surface area contributed by atoms with Gasteiger partial charge in [0, 0.05) is 9.26 Å². The molecule has 0 heterocycles. The average molecular weight is 389 g/mol. The van der Waals surface area contributed by atoms with E-state index in [1.807, 2.05) is 6.07 Å². The molecule has 2 aromatic carbocycles. The number of nitrogens with one attached hydrogen (secondary N) is 1. The molecule has 4 N–H and O–H groups in total. The van der Waals surface area contributed by atoms with Crippen LogP contribution in [0.25, 0.3) is 0 Å². The van der Waals surface area contributed by atoms with E-state index in [-0.39, 0.29) is 5.56 Å². The summed E-state index contributed by atoms with van der Waals surface area (Å²) >= 11 is 8.26. The van der Waals surface area contributed by atoms with Gasteiger partial charge >= 0.3 is 5.97 Å². The van der Waals surface area contributed by atoms with Crippen molar-refractivity contribution in [3.63, 3.8) is 0 Å². The van der Waals surface area contributed by atoms with Gasteiger partial charge < -0.3 is 16.2 Å². The molecule has 0 aliphatic carbocycles. The van der Waals surface area contributed by atoms with Gasteiger partial charge in [-0.3, -0.25) is 0 Å². The van der Waals surface area contributed by atoms with E-state index >= 15 is 0 Å². The normalized spacial score (nSPS) is 10.2. The average Bonchev–Trinajstić information content (AvgIpc) is 2.34. The summed E-state index contributed by atoms with van der Waals surface area (Å²) < 4.78 is 1.00. The fraction of sp³-hybridized carbons (Fsp3) is 0. The predicted octanol–water partition coefficient (Wildman–Crippen LogP) is 3.97. The Kier molecular flexibility index (Phi) is 4.16. The third-order valence-corrected chi connectivity index (χ3v) is 3.46. The highest BCUT2D eigenvalue weighted by Crippen LogP contribution is 2.29. The predicted molar refractivity (Wildman–Crippen MR) is 85.3 cm³/mol. The third-order valence-electron chi connectivity index (χ3n) is 2.47. The highest BCUT2D eigenvalue weighted by atomic mass is 127. The molecule has 6 heteroatoms. The van der Waals surface area contributed by atoms with E-state index in [0.29, 0.717) is 22.1 Å². The third kappa shape index (κ3) is 3.30. The molecule has 98 valence electrons. The Morgan fingerprint density at radius 1 is 1.21 bits per heavy atom. The molecule has 0 fully saturated rings. The Balaban J connectivity index is 2.40. The number of anilines is 3. The molecule has 0 atom stereocenters. The minimum Gasteiger partial charge on any atom is -0.478 e. The lowest BCUT2D eigenvalue weighted by Gasteiger charge is -2.12. The van der Waals surface area contributed by atoms with Crippen molar-refractivity contribution in [1.82, 2.24) is 0 Å². The van der Waals surface area contributed by atoms with E-state index in [1.165, 1.54) is 6.07 Å². The molecule has 0 bridgehead atoms. The monoisotopic (exact) mass is 388 g/mol. The quantitative estimate of drug-likeness (QED) is 0.549. The van der Waals surface area contributed by atoms with Crippen molar-refractivity contribution in [2.45, 2.75) is 0 Å². The first-order valence-corrected chi connectivity index (χ1v) is 6.78. The van der Waals surface area contributed by atoms with Crippen LogP contribution in [-0.4, -0.2) is 11.1 Å². The van der Waals surface area contributed by atoms with Crippen molar-refractivity contribution in [3.05, 3.63) is 50.6 Å². The first-order valence-electron chi connectivity index (χ1n) is 5.32. The number of aromatic carboxylic acids is 1. The summed E-state index contributed by atoms with van der Waals surface area (Å²) in [6.45, 7) is 0.